The lowest BCUT2D eigenvalue weighted by atomic mass is 10.0. The van der Waals surface area contributed by atoms with E-state index in [1.165, 1.54) is 18.4 Å². The Kier molecular flexibility index (Phi) is 4.63. The van der Waals surface area contributed by atoms with Crippen LogP contribution in [0.15, 0.2) is 12.2 Å². The Labute approximate surface area is 87.9 Å². The summed E-state index contributed by atoms with van der Waals surface area (Å²) in [4.78, 5) is 2.55. The molecule has 14 heavy (non-hydrogen) atoms. The average Bonchev–Trinajstić information content (AvgIpc) is 2.15. The molecule has 1 aliphatic heterocycles. The highest BCUT2D eigenvalue weighted by molar-refractivity contribution is 4.94. The van der Waals surface area contributed by atoms with Crippen LogP contribution in [0.5, 0.6) is 0 Å². The fourth-order valence-corrected chi connectivity index (χ4v) is 2.06. The Hall–Kier alpha value is -0.340. The van der Waals surface area contributed by atoms with Crippen molar-refractivity contribution in [2.75, 3.05) is 19.8 Å². The van der Waals surface area contributed by atoms with Crippen LogP contribution in [0.1, 0.15) is 33.6 Å². The molecule has 2 nitrogen and oxygen atoms in total. The lowest BCUT2D eigenvalue weighted by Gasteiger charge is -2.37. The van der Waals surface area contributed by atoms with Crippen molar-refractivity contribution < 1.29 is 4.74 Å². The average molecular weight is 197 g/mol. The minimum absolute atomic E-state index is 0.606. The first kappa shape index (κ1) is 11.7. The number of hydrogen-bond acceptors (Lipinski definition) is 2. The van der Waals surface area contributed by atoms with Gasteiger partial charge in [-0.3, -0.25) is 4.90 Å². The maximum Gasteiger partial charge on any atom is 0.0480 e. The monoisotopic (exact) mass is 197 g/mol. The van der Waals surface area contributed by atoms with E-state index in [0.717, 1.165) is 19.8 Å². The summed E-state index contributed by atoms with van der Waals surface area (Å²) < 4.78 is 5.39. The summed E-state index contributed by atoms with van der Waals surface area (Å²) in [5, 5.41) is 0. The van der Waals surface area contributed by atoms with Crippen molar-refractivity contribution in [2.24, 2.45) is 0 Å². The highest BCUT2D eigenvalue weighted by Crippen LogP contribution is 2.18. The predicted molar refractivity (Wildman–Crippen MR) is 60.5 cm³/mol. The van der Waals surface area contributed by atoms with E-state index in [9.17, 15) is 0 Å². The maximum atomic E-state index is 5.39. The molecule has 1 fully saturated rings. The number of ether oxygens (including phenoxy) is 1. The van der Waals surface area contributed by atoms with Crippen LogP contribution in [0, 0.1) is 0 Å². The summed E-state index contributed by atoms with van der Waals surface area (Å²) >= 11 is 0. The molecule has 0 radical (unpaired) electrons. The van der Waals surface area contributed by atoms with Crippen molar-refractivity contribution in [2.45, 2.75) is 45.7 Å². The standard InChI is InChI=1S/C12H23NO/c1-10(2)9-13(11(3)4)12-5-7-14-8-6-12/h11-12H,1,5-9H2,2-4H3. The van der Waals surface area contributed by atoms with Crippen LogP contribution in [0.3, 0.4) is 0 Å². The van der Waals surface area contributed by atoms with Crippen LogP contribution in [-0.2, 0) is 4.74 Å². The minimum atomic E-state index is 0.606. The van der Waals surface area contributed by atoms with E-state index in [2.05, 4.69) is 32.3 Å². The van der Waals surface area contributed by atoms with Crippen molar-refractivity contribution >= 4 is 0 Å². The topological polar surface area (TPSA) is 12.5 Å². The van der Waals surface area contributed by atoms with E-state index in [4.69, 9.17) is 4.74 Å². The van der Waals surface area contributed by atoms with E-state index >= 15 is 0 Å². The van der Waals surface area contributed by atoms with Gasteiger partial charge in [-0.05, 0) is 33.6 Å². The highest BCUT2D eigenvalue weighted by atomic mass is 16.5. The molecular weight excluding hydrogens is 174 g/mol. The van der Waals surface area contributed by atoms with Gasteiger partial charge in [0.25, 0.3) is 0 Å². The highest BCUT2D eigenvalue weighted by Gasteiger charge is 2.23. The van der Waals surface area contributed by atoms with E-state index in [1.54, 1.807) is 0 Å². The molecule has 0 spiro atoms. The molecule has 1 heterocycles. The van der Waals surface area contributed by atoms with Gasteiger partial charge in [0, 0.05) is 31.8 Å². The molecule has 0 saturated carbocycles. The van der Waals surface area contributed by atoms with Crippen molar-refractivity contribution in [3.63, 3.8) is 0 Å². The molecule has 2 heteroatoms. The first-order valence-corrected chi connectivity index (χ1v) is 5.59. The zero-order valence-electron chi connectivity index (χ0n) is 9.75. The molecule has 1 aliphatic rings. The first-order valence-electron chi connectivity index (χ1n) is 5.59. The maximum absolute atomic E-state index is 5.39. The van der Waals surface area contributed by atoms with Crippen molar-refractivity contribution in [3.8, 4) is 0 Å². The molecule has 0 amide bonds. The molecule has 1 rings (SSSR count). The van der Waals surface area contributed by atoms with Gasteiger partial charge in [0.2, 0.25) is 0 Å². The molecule has 0 atom stereocenters. The van der Waals surface area contributed by atoms with Gasteiger partial charge in [0.05, 0.1) is 0 Å². The quantitative estimate of drug-likeness (QED) is 0.642. The third-order valence-electron chi connectivity index (χ3n) is 2.78. The van der Waals surface area contributed by atoms with Crippen LogP contribution < -0.4 is 0 Å². The molecule has 0 unspecified atom stereocenters. The third kappa shape index (κ3) is 3.43. The van der Waals surface area contributed by atoms with Crippen LogP contribution in [0.25, 0.3) is 0 Å². The van der Waals surface area contributed by atoms with Crippen molar-refractivity contribution in [3.05, 3.63) is 12.2 Å². The second-order valence-corrected chi connectivity index (χ2v) is 4.57. The molecule has 1 saturated heterocycles. The van der Waals surface area contributed by atoms with Crippen LogP contribution >= 0.6 is 0 Å². The second-order valence-electron chi connectivity index (χ2n) is 4.57. The van der Waals surface area contributed by atoms with Crippen molar-refractivity contribution in [1.29, 1.82) is 0 Å². The molecular formula is C12H23NO. The van der Waals surface area contributed by atoms with Gasteiger partial charge in [0.15, 0.2) is 0 Å². The third-order valence-corrected chi connectivity index (χ3v) is 2.78. The fourth-order valence-electron chi connectivity index (χ4n) is 2.06. The van der Waals surface area contributed by atoms with E-state index in [0.29, 0.717) is 12.1 Å². The second kappa shape index (κ2) is 5.52. The molecule has 0 aromatic carbocycles. The largest absolute Gasteiger partial charge is 0.381 e. The zero-order chi connectivity index (χ0) is 10.6. The lowest BCUT2D eigenvalue weighted by molar-refractivity contribution is 0.0265. The summed E-state index contributed by atoms with van der Waals surface area (Å²) in [6.07, 6.45) is 2.34. The molecule has 0 aromatic heterocycles. The van der Waals surface area contributed by atoms with Crippen LogP contribution in [0.2, 0.25) is 0 Å². The summed E-state index contributed by atoms with van der Waals surface area (Å²) in [6.45, 7) is 13.5. The Morgan fingerprint density at radius 2 is 2.00 bits per heavy atom. The first-order chi connectivity index (χ1) is 6.61. The Morgan fingerprint density at radius 1 is 1.43 bits per heavy atom. The van der Waals surface area contributed by atoms with Gasteiger partial charge in [0.1, 0.15) is 0 Å². The van der Waals surface area contributed by atoms with Crippen LogP contribution in [-0.4, -0.2) is 36.7 Å². The fraction of sp³-hybridized carbons (Fsp3) is 0.833. The molecule has 0 aliphatic carbocycles. The molecule has 82 valence electrons. The Balaban J connectivity index is 2.51. The number of nitrogens with zero attached hydrogens (tertiary/aromatic N) is 1. The van der Waals surface area contributed by atoms with E-state index < -0.39 is 0 Å². The van der Waals surface area contributed by atoms with Gasteiger partial charge < -0.3 is 4.74 Å². The van der Waals surface area contributed by atoms with E-state index in [1.807, 2.05) is 0 Å². The number of rotatable bonds is 4. The lowest BCUT2D eigenvalue weighted by Crippen LogP contribution is -2.44. The predicted octanol–water partition coefficient (Wildman–Crippen LogP) is 2.45. The van der Waals surface area contributed by atoms with Gasteiger partial charge in [-0.15, -0.1) is 0 Å². The normalized spacial score (nSPS) is 19.2. The van der Waals surface area contributed by atoms with E-state index in [-0.39, 0.29) is 0 Å². The van der Waals surface area contributed by atoms with Crippen molar-refractivity contribution in [1.82, 2.24) is 4.90 Å². The molecule has 0 aromatic rings. The minimum Gasteiger partial charge on any atom is -0.381 e. The summed E-state index contributed by atoms with van der Waals surface area (Å²) in [7, 11) is 0. The Bertz CT molecular complexity index is 183. The smallest absolute Gasteiger partial charge is 0.0480 e. The summed E-state index contributed by atoms with van der Waals surface area (Å²) in [6, 6.07) is 1.30. The number of hydrogen-bond donors (Lipinski definition) is 0. The molecule has 0 N–H and O–H groups in total. The van der Waals surface area contributed by atoms with Gasteiger partial charge in [-0.25, -0.2) is 0 Å². The van der Waals surface area contributed by atoms with Gasteiger partial charge in [-0.1, -0.05) is 12.2 Å². The van der Waals surface area contributed by atoms with Gasteiger partial charge >= 0.3 is 0 Å². The summed E-state index contributed by atoms with van der Waals surface area (Å²) in [5.41, 5.74) is 1.25. The SMILES string of the molecule is C=C(C)CN(C(C)C)C1CCOCC1. The van der Waals surface area contributed by atoms with Gasteiger partial charge in [-0.2, -0.15) is 0 Å². The Morgan fingerprint density at radius 3 is 2.43 bits per heavy atom. The summed E-state index contributed by atoms with van der Waals surface area (Å²) in [5.74, 6) is 0. The molecule has 0 bridgehead atoms. The zero-order valence-corrected chi connectivity index (χ0v) is 9.75. The van der Waals surface area contributed by atoms with Crippen LogP contribution in [0.4, 0.5) is 0 Å².